The van der Waals surface area contributed by atoms with Crippen LogP contribution in [0.5, 0.6) is 0 Å². The number of halogens is 1. The lowest BCUT2D eigenvalue weighted by Crippen LogP contribution is -2.36. The zero-order valence-corrected chi connectivity index (χ0v) is 12.4. The number of aromatic nitrogens is 1. The van der Waals surface area contributed by atoms with Crippen molar-refractivity contribution >= 4 is 22.3 Å². The smallest absolute Gasteiger partial charge is 0.136 e. The molecule has 0 radical (unpaired) electrons. The number of hydrogen-bond donors (Lipinski definition) is 1. The Kier molecular flexibility index (Phi) is 3.92. The van der Waals surface area contributed by atoms with Gasteiger partial charge in [0.25, 0.3) is 0 Å². The van der Waals surface area contributed by atoms with Crippen LogP contribution in [0.4, 0.5) is 15.9 Å². The van der Waals surface area contributed by atoms with E-state index in [9.17, 15) is 4.39 Å². The topological polar surface area (TPSA) is 37.4 Å². The van der Waals surface area contributed by atoms with Crippen molar-refractivity contribution in [2.75, 3.05) is 36.5 Å². The van der Waals surface area contributed by atoms with Crippen molar-refractivity contribution in [3.63, 3.8) is 0 Å². The van der Waals surface area contributed by atoms with Gasteiger partial charge in [-0.2, -0.15) is 0 Å². The van der Waals surface area contributed by atoms with E-state index in [1.807, 2.05) is 19.9 Å². The van der Waals surface area contributed by atoms with E-state index < -0.39 is 0 Å². The Labute approximate surface area is 123 Å². The van der Waals surface area contributed by atoms with Crippen LogP contribution in [0.2, 0.25) is 0 Å². The predicted molar refractivity (Wildman–Crippen MR) is 83.5 cm³/mol. The number of pyridine rings is 1. The molecular weight excluding hydrogens is 269 g/mol. The molecule has 0 spiro atoms. The minimum atomic E-state index is -0.215. The normalized spacial score (nSPS) is 15.7. The van der Waals surface area contributed by atoms with E-state index in [0.717, 1.165) is 30.0 Å². The first kappa shape index (κ1) is 14.1. The molecular formula is C16H20FN3O. The molecule has 112 valence electrons. The first-order valence-corrected chi connectivity index (χ1v) is 7.33. The molecule has 0 bridgehead atoms. The van der Waals surface area contributed by atoms with Crippen LogP contribution in [-0.2, 0) is 4.74 Å². The minimum Gasteiger partial charge on any atom is -0.381 e. The first-order valence-electron chi connectivity index (χ1n) is 7.33. The Morgan fingerprint density at radius 2 is 2.05 bits per heavy atom. The third-order valence-corrected chi connectivity index (χ3v) is 3.59. The van der Waals surface area contributed by atoms with Crippen LogP contribution in [0.25, 0.3) is 10.8 Å². The molecule has 2 aromatic rings. The fourth-order valence-corrected chi connectivity index (χ4v) is 2.69. The maximum Gasteiger partial charge on any atom is 0.136 e. The van der Waals surface area contributed by atoms with Gasteiger partial charge in [0.15, 0.2) is 0 Å². The molecule has 3 rings (SSSR count). The molecule has 0 aliphatic carbocycles. The summed E-state index contributed by atoms with van der Waals surface area (Å²) in [5.74, 6) is 0.620. The van der Waals surface area contributed by atoms with E-state index >= 15 is 0 Å². The van der Waals surface area contributed by atoms with E-state index in [4.69, 9.17) is 4.74 Å². The third kappa shape index (κ3) is 2.78. The van der Waals surface area contributed by atoms with Gasteiger partial charge < -0.3 is 15.0 Å². The number of ether oxygens (including phenoxy) is 1. The highest BCUT2D eigenvalue weighted by molar-refractivity contribution is 6.00. The summed E-state index contributed by atoms with van der Waals surface area (Å²) in [6.45, 7) is 7.01. The van der Waals surface area contributed by atoms with Crippen molar-refractivity contribution in [3.8, 4) is 0 Å². The van der Waals surface area contributed by atoms with Crippen LogP contribution in [0.3, 0.4) is 0 Å². The van der Waals surface area contributed by atoms with Gasteiger partial charge in [-0.1, -0.05) is 12.1 Å². The summed E-state index contributed by atoms with van der Waals surface area (Å²) in [5, 5.41) is 4.74. The molecule has 4 nitrogen and oxygen atoms in total. The molecule has 5 heteroatoms. The predicted octanol–water partition coefficient (Wildman–Crippen LogP) is 3.03. The highest BCUT2D eigenvalue weighted by Gasteiger charge is 2.18. The Morgan fingerprint density at radius 1 is 1.29 bits per heavy atom. The molecule has 1 aliphatic rings. The van der Waals surface area contributed by atoms with Crippen molar-refractivity contribution in [1.29, 1.82) is 0 Å². The number of nitrogens with zero attached hydrogens (tertiary/aromatic N) is 2. The van der Waals surface area contributed by atoms with Crippen molar-refractivity contribution < 1.29 is 9.13 Å². The molecule has 2 heterocycles. The largest absolute Gasteiger partial charge is 0.381 e. The second kappa shape index (κ2) is 5.85. The maximum absolute atomic E-state index is 14.3. The van der Waals surface area contributed by atoms with Crippen molar-refractivity contribution in [1.82, 2.24) is 4.98 Å². The van der Waals surface area contributed by atoms with Crippen molar-refractivity contribution in [3.05, 3.63) is 30.2 Å². The van der Waals surface area contributed by atoms with E-state index in [2.05, 4.69) is 15.2 Å². The van der Waals surface area contributed by atoms with Gasteiger partial charge in [-0.25, -0.2) is 9.37 Å². The standard InChI is InChI=1S/C16H20FN3O/c1-11(2)19-14-10-18-16(20-6-8-21-9-7-20)12-4-3-5-13(17)15(12)14/h3-5,10-11,19H,6-9H2,1-2H3. The van der Waals surface area contributed by atoms with Gasteiger partial charge in [-0.05, 0) is 19.9 Å². The van der Waals surface area contributed by atoms with Crippen molar-refractivity contribution in [2.24, 2.45) is 0 Å². The number of nitrogens with one attached hydrogen (secondary N) is 1. The Morgan fingerprint density at radius 3 is 2.76 bits per heavy atom. The number of anilines is 2. The van der Waals surface area contributed by atoms with Crippen LogP contribution >= 0.6 is 0 Å². The van der Waals surface area contributed by atoms with Gasteiger partial charge in [0.05, 0.1) is 25.1 Å². The Hall–Kier alpha value is -1.88. The highest BCUT2D eigenvalue weighted by atomic mass is 19.1. The van der Waals surface area contributed by atoms with E-state index in [1.54, 1.807) is 12.3 Å². The SMILES string of the molecule is CC(C)Nc1cnc(N2CCOCC2)c2cccc(F)c12. The van der Waals surface area contributed by atoms with Gasteiger partial charge in [-0.3, -0.25) is 0 Å². The molecule has 0 unspecified atom stereocenters. The zero-order chi connectivity index (χ0) is 14.8. The number of rotatable bonds is 3. The molecule has 1 saturated heterocycles. The molecule has 21 heavy (non-hydrogen) atoms. The fourth-order valence-electron chi connectivity index (χ4n) is 2.69. The average molecular weight is 289 g/mol. The van der Waals surface area contributed by atoms with Gasteiger partial charge in [-0.15, -0.1) is 0 Å². The second-order valence-corrected chi connectivity index (χ2v) is 5.56. The summed E-state index contributed by atoms with van der Waals surface area (Å²) < 4.78 is 19.7. The number of fused-ring (bicyclic) bond motifs is 1. The second-order valence-electron chi connectivity index (χ2n) is 5.56. The molecule has 0 amide bonds. The summed E-state index contributed by atoms with van der Waals surface area (Å²) in [7, 11) is 0. The zero-order valence-electron chi connectivity index (χ0n) is 12.4. The highest BCUT2D eigenvalue weighted by Crippen LogP contribution is 2.32. The summed E-state index contributed by atoms with van der Waals surface area (Å²) in [6, 6.07) is 5.39. The summed E-state index contributed by atoms with van der Waals surface area (Å²) in [6.07, 6.45) is 1.73. The molecule has 1 aromatic heterocycles. The lowest BCUT2D eigenvalue weighted by atomic mass is 10.1. The van der Waals surface area contributed by atoms with Gasteiger partial charge in [0, 0.05) is 29.9 Å². The maximum atomic E-state index is 14.3. The van der Waals surface area contributed by atoms with Gasteiger partial charge in [0.1, 0.15) is 11.6 Å². The molecule has 0 saturated carbocycles. The van der Waals surface area contributed by atoms with Gasteiger partial charge in [0.2, 0.25) is 0 Å². The summed E-state index contributed by atoms with van der Waals surface area (Å²) >= 11 is 0. The molecule has 1 aliphatic heterocycles. The lowest BCUT2D eigenvalue weighted by molar-refractivity contribution is 0.122. The average Bonchev–Trinajstić information content (AvgIpc) is 2.48. The monoisotopic (exact) mass is 289 g/mol. The van der Waals surface area contributed by atoms with E-state index in [-0.39, 0.29) is 11.9 Å². The third-order valence-electron chi connectivity index (χ3n) is 3.59. The number of hydrogen-bond acceptors (Lipinski definition) is 4. The van der Waals surface area contributed by atoms with Crippen LogP contribution in [0, 0.1) is 5.82 Å². The minimum absolute atomic E-state index is 0.215. The van der Waals surface area contributed by atoms with Crippen LogP contribution in [-0.4, -0.2) is 37.3 Å². The summed E-state index contributed by atoms with van der Waals surface area (Å²) in [5.41, 5.74) is 0.745. The number of morpholine rings is 1. The molecule has 1 fully saturated rings. The van der Waals surface area contributed by atoms with E-state index in [1.165, 1.54) is 6.07 Å². The van der Waals surface area contributed by atoms with Crippen LogP contribution < -0.4 is 10.2 Å². The fraction of sp³-hybridized carbons (Fsp3) is 0.438. The van der Waals surface area contributed by atoms with Crippen LogP contribution in [0.15, 0.2) is 24.4 Å². The Bertz CT molecular complexity index is 639. The quantitative estimate of drug-likeness (QED) is 0.942. The van der Waals surface area contributed by atoms with Crippen molar-refractivity contribution in [2.45, 2.75) is 19.9 Å². The lowest BCUT2D eigenvalue weighted by Gasteiger charge is -2.29. The first-order chi connectivity index (χ1) is 10.2. The van der Waals surface area contributed by atoms with Crippen LogP contribution in [0.1, 0.15) is 13.8 Å². The molecule has 0 atom stereocenters. The van der Waals surface area contributed by atoms with Gasteiger partial charge >= 0.3 is 0 Å². The molecule has 1 aromatic carbocycles. The summed E-state index contributed by atoms with van der Waals surface area (Å²) in [4.78, 5) is 6.72. The molecule has 1 N–H and O–H groups in total. The van der Waals surface area contributed by atoms with E-state index in [0.29, 0.717) is 18.6 Å². The Balaban J connectivity index is 2.12. The number of benzene rings is 1.